The standard InChI is InChI=1S/C20H28N2O3S/c1-2-3-11-22-17-9-7-5-4-6-8-14(17)13-15(19(22)24)18(23)21-16-10-12-26-20(16)25/h13,16H,2-12H2,1H3,(H,21,23). The highest BCUT2D eigenvalue weighted by Gasteiger charge is 2.28. The van der Waals surface area contributed by atoms with Gasteiger partial charge in [-0.25, -0.2) is 0 Å². The van der Waals surface area contributed by atoms with Crippen LogP contribution in [0, 0.1) is 0 Å². The molecule has 6 heteroatoms. The Labute approximate surface area is 158 Å². The number of aryl methyl sites for hydroxylation is 1. The molecule has 1 fully saturated rings. The number of fused-ring (bicyclic) bond motifs is 1. The summed E-state index contributed by atoms with van der Waals surface area (Å²) < 4.78 is 1.84. The summed E-state index contributed by atoms with van der Waals surface area (Å²) in [4.78, 5) is 37.6. The second kappa shape index (κ2) is 8.89. The first-order chi connectivity index (χ1) is 12.6. The Morgan fingerprint density at radius 1 is 1.23 bits per heavy atom. The van der Waals surface area contributed by atoms with Crippen molar-refractivity contribution in [3.05, 3.63) is 33.2 Å². The van der Waals surface area contributed by atoms with Crippen LogP contribution < -0.4 is 10.9 Å². The van der Waals surface area contributed by atoms with Crippen molar-refractivity contribution in [1.29, 1.82) is 0 Å². The number of rotatable bonds is 5. The molecule has 1 unspecified atom stereocenters. The predicted octanol–water partition coefficient (Wildman–Crippen LogP) is 3.07. The molecule has 1 aliphatic heterocycles. The third-order valence-electron chi connectivity index (χ3n) is 5.32. The van der Waals surface area contributed by atoms with Gasteiger partial charge in [0, 0.05) is 18.0 Å². The van der Waals surface area contributed by atoms with E-state index >= 15 is 0 Å². The Morgan fingerprint density at radius 3 is 2.69 bits per heavy atom. The lowest BCUT2D eigenvalue weighted by Crippen LogP contribution is -2.41. The van der Waals surface area contributed by atoms with E-state index in [4.69, 9.17) is 0 Å². The van der Waals surface area contributed by atoms with Crippen molar-refractivity contribution in [2.24, 2.45) is 0 Å². The SMILES string of the molecule is CCCCn1c2c(cc(C(=O)NC3CCSC3=O)c1=O)CCCCCC2. The first-order valence-electron chi connectivity index (χ1n) is 9.85. The Bertz CT molecular complexity index is 741. The van der Waals surface area contributed by atoms with E-state index in [9.17, 15) is 14.4 Å². The summed E-state index contributed by atoms with van der Waals surface area (Å²) in [5.74, 6) is 0.334. The summed E-state index contributed by atoms with van der Waals surface area (Å²) in [6, 6.07) is 1.34. The first-order valence-corrected chi connectivity index (χ1v) is 10.8. The van der Waals surface area contributed by atoms with Crippen LogP contribution in [-0.4, -0.2) is 27.4 Å². The van der Waals surface area contributed by atoms with Crippen molar-refractivity contribution in [3.8, 4) is 0 Å². The fraction of sp³-hybridized carbons (Fsp3) is 0.650. The summed E-state index contributed by atoms with van der Waals surface area (Å²) >= 11 is 1.25. The molecule has 1 atom stereocenters. The molecule has 0 radical (unpaired) electrons. The van der Waals surface area contributed by atoms with Gasteiger partial charge < -0.3 is 9.88 Å². The number of aromatic nitrogens is 1. The number of hydrogen-bond donors (Lipinski definition) is 1. The molecule has 0 aromatic carbocycles. The fourth-order valence-corrected chi connectivity index (χ4v) is 4.75. The highest BCUT2D eigenvalue weighted by Crippen LogP contribution is 2.22. The molecule has 2 heterocycles. The van der Waals surface area contributed by atoms with Crippen molar-refractivity contribution in [3.63, 3.8) is 0 Å². The molecule has 3 rings (SSSR count). The molecule has 142 valence electrons. The maximum absolute atomic E-state index is 13.1. The highest BCUT2D eigenvalue weighted by molar-refractivity contribution is 8.14. The van der Waals surface area contributed by atoms with Crippen LogP contribution >= 0.6 is 11.8 Å². The molecule has 2 aliphatic rings. The van der Waals surface area contributed by atoms with Gasteiger partial charge >= 0.3 is 0 Å². The van der Waals surface area contributed by atoms with E-state index in [0.717, 1.165) is 55.5 Å². The molecular formula is C20H28N2O3S. The van der Waals surface area contributed by atoms with Crippen LogP contribution in [0.15, 0.2) is 10.9 Å². The third kappa shape index (κ3) is 4.22. The summed E-state index contributed by atoms with van der Waals surface area (Å²) in [6.45, 7) is 2.77. The number of carbonyl (C=O) groups is 2. The van der Waals surface area contributed by atoms with Gasteiger partial charge in [-0.1, -0.05) is 37.9 Å². The lowest BCUT2D eigenvalue weighted by Gasteiger charge is -2.21. The van der Waals surface area contributed by atoms with Crippen LogP contribution in [-0.2, 0) is 24.2 Å². The number of hydrogen-bond acceptors (Lipinski definition) is 4. The van der Waals surface area contributed by atoms with Gasteiger partial charge in [0.05, 0.1) is 6.04 Å². The smallest absolute Gasteiger partial charge is 0.263 e. The molecule has 26 heavy (non-hydrogen) atoms. The largest absolute Gasteiger partial charge is 0.341 e. The zero-order chi connectivity index (χ0) is 18.5. The van der Waals surface area contributed by atoms with Crippen LogP contribution in [0.2, 0.25) is 0 Å². The molecule has 1 saturated heterocycles. The summed E-state index contributed by atoms with van der Waals surface area (Å²) in [5, 5.41) is 2.78. The van der Waals surface area contributed by atoms with Crippen LogP contribution in [0.4, 0.5) is 0 Å². The van der Waals surface area contributed by atoms with E-state index in [1.165, 1.54) is 24.6 Å². The molecule has 1 aromatic heterocycles. The summed E-state index contributed by atoms with van der Waals surface area (Å²) in [6.07, 6.45) is 8.99. The average molecular weight is 377 g/mol. The topological polar surface area (TPSA) is 68.2 Å². The monoisotopic (exact) mass is 376 g/mol. The van der Waals surface area contributed by atoms with Crippen molar-refractivity contribution >= 4 is 22.8 Å². The zero-order valence-electron chi connectivity index (χ0n) is 15.5. The Kier molecular flexibility index (Phi) is 6.57. The van der Waals surface area contributed by atoms with E-state index < -0.39 is 11.9 Å². The second-order valence-corrected chi connectivity index (χ2v) is 8.34. The molecule has 5 nitrogen and oxygen atoms in total. The molecule has 0 saturated carbocycles. The fourth-order valence-electron chi connectivity index (χ4n) is 3.81. The van der Waals surface area contributed by atoms with Crippen LogP contribution in [0.5, 0.6) is 0 Å². The summed E-state index contributed by atoms with van der Waals surface area (Å²) in [5.41, 5.74) is 2.25. The quantitative estimate of drug-likeness (QED) is 0.857. The Hall–Kier alpha value is -1.56. The minimum absolute atomic E-state index is 0.00379. The minimum atomic E-state index is -0.460. The van der Waals surface area contributed by atoms with Crippen LogP contribution in [0.1, 0.15) is 73.5 Å². The number of thioether (sulfide) groups is 1. The average Bonchev–Trinajstić information content (AvgIpc) is 3.00. The van der Waals surface area contributed by atoms with E-state index in [1.807, 2.05) is 4.57 Å². The molecule has 1 amide bonds. The maximum Gasteiger partial charge on any atom is 0.263 e. The van der Waals surface area contributed by atoms with E-state index in [0.29, 0.717) is 13.0 Å². The molecule has 1 aromatic rings. The van der Waals surface area contributed by atoms with Gasteiger partial charge in [0.1, 0.15) is 5.56 Å². The van der Waals surface area contributed by atoms with Crippen molar-refractivity contribution in [1.82, 2.24) is 9.88 Å². The van der Waals surface area contributed by atoms with Crippen molar-refractivity contribution < 1.29 is 9.59 Å². The molecule has 0 spiro atoms. The third-order valence-corrected chi connectivity index (χ3v) is 6.33. The molecule has 0 bridgehead atoms. The molecular weight excluding hydrogens is 348 g/mol. The van der Waals surface area contributed by atoms with Gasteiger partial charge in [-0.05, 0) is 50.2 Å². The molecule has 1 N–H and O–H groups in total. The van der Waals surface area contributed by atoms with E-state index in [1.54, 1.807) is 6.07 Å². The van der Waals surface area contributed by atoms with Gasteiger partial charge in [-0.3, -0.25) is 14.4 Å². The van der Waals surface area contributed by atoms with E-state index in [2.05, 4.69) is 12.2 Å². The normalized spacial score (nSPS) is 20.3. The number of amides is 1. The van der Waals surface area contributed by atoms with Gasteiger partial charge in [0.2, 0.25) is 5.12 Å². The number of pyridine rings is 1. The predicted molar refractivity (Wildman–Crippen MR) is 105 cm³/mol. The minimum Gasteiger partial charge on any atom is -0.341 e. The number of nitrogens with one attached hydrogen (secondary N) is 1. The first kappa shape index (κ1) is 19.2. The zero-order valence-corrected chi connectivity index (χ0v) is 16.3. The van der Waals surface area contributed by atoms with Gasteiger partial charge in [-0.15, -0.1) is 0 Å². The lowest BCUT2D eigenvalue weighted by molar-refractivity contribution is -0.112. The Balaban J connectivity index is 1.95. The Morgan fingerprint density at radius 2 is 2.00 bits per heavy atom. The number of unbranched alkanes of at least 4 members (excludes halogenated alkanes) is 1. The molecule has 1 aliphatic carbocycles. The number of carbonyl (C=O) groups excluding carboxylic acids is 2. The highest BCUT2D eigenvalue weighted by atomic mass is 32.2. The lowest BCUT2D eigenvalue weighted by atomic mass is 9.95. The van der Waals surface area contributed by atoms with Gasteiger partial charge in [-0.2, -0.15) is 0 Å². The van der Waals surface area contributed by atoms with Crippen molar-refractivity contribution in [2.45, 2.75) is 77.3 Å². The van der Waals surface area contributed by atoms with Crippen LogP contribution in [0.25, 0.3) is 0 Å². The number of nitrogens with zero attached hydrogens (tertiary/aromatic N) is 1. The van der Waals surface area contributed by atoms with Gasteiger partial charge in [0.15, 0.2) is 0 Å². The summed E-state index contributed by atoms with van der Waals surface area (Å²) in [7, 11) is 0. The second-order valence-electron chi connectivity index (χ2n) is 7.24. The van der Waals surface area contributed by atoms with E-state index in [-0.39, 0.29) is 16.2 Å². The van der Waals surface area contributed by atoms with Crippen LogP contribution in [0.3, 0.4) is 0 Å². The van der Waals surface area contributed by atoms with Gasteiger partial charge in [0.25, 0.3) is 11.5 Å². The maximum atomic E-state index is 13.1. The van der Waals surface area contributed by atoms with Crippen molar-refractivity contribution in [2.75, 3.05) is 5.75 Å².